The summed E-state index contributed by atoms with van der Waals surface area (Å²) in [4.78, 5) is 10.4. The number of carboxylic acids is 1. The lowest BCUT2D eigenvalue weighted by Crippen LogP contribution is -2.08. The molecule has 0 bridgehead atoms. The number of carbonyl (C=O) groups is 1. The van der Waals surface area contributed by atoms with Crippen LogP contribution in [0.4, 0.5) is 13.2 Å². The number of carboxylic acid groups (broad SMARTS) is 1. The number of hydrogen-bond donors (Lipinski definition) is 1. The van der Waals surface area contributed by atoms with Gasteiger partial charge in [-0.2, -0.15) is 5.26 Å². The van der Waals surface area contributed by atoms with Crippen molar-refractivity contribution in [3.05, 3.63) is 34.6 Å². The van der Waals surface area contributed by atoms with Crippen LogP contribution in [0.2, 0.25) is 0 Å². The van der Waals surface area contributed by atoms with Crippen LogP contribution in [0.3, 0.4) is 0 Å². The van der Waals surface area contributed by atoms with Crippen LogP contribution < -0.4 is 0 Å². The van der Waals surface area contributed by atoms with E-state index >= 15 is 0 Å². The fourth-order valence-corrected chi connectivity index (χ4v) is 1.03. The van der Waals surface area contributed by atoms with Gasteiger partial charge in [0.25, 0.3) is 0 Å². The van der Waals surface area contributed by atoms with Crippen molar-refractivity contribution >= 4 is 5.97 Å². The third kappa shape index (κ3) is 1.91. The van der Waals surface area contributed by atoms with Crippen molar-refractivity contribution in [3.8, 4) is 6.07 Å². The SMILES string of the molecule is N#CCc1c(F)cc(C(=O)O)c(F)c1F. The fraction of sp³-hybridized carbons (Fsp3) is 0.111. The van der Waals surface area contributed by atoms with Crippen molar-refractivity contribution in [2.75, 3.05) is 0 Å². The van der Waals surface area contributed by atoms with Gasteiger partial charge in [-0.3, -0.25) is 0 Å². The highest BCUT2D eigenvalue weighted by Crippen LogP contribution is 2.20. The quantitative estimate of drug-likeness (QED) is 0.766. The normalized spacial score (nSPS) is 9.73. The van der Waals surface area contributed by atoms with Crippen molar-refractivity contribution in [2.45, 2.75) is 6.42 Å². The summed E-state index contributed by atoms with van der Waals surface area (Å²) in [6, 6.07) is 1.80. The summed E-state index contributed by atoms with van der Waals surface area (Å²) in [5, 5.41) is 16.6. The summed E-state index contributed by atoms with van der Waals surface area (Å²) in [6.07, 6.45) is -0.658. The van der Waals surface area contributed by atoms with Gasteiger partial charge in [0.1, 0.15) is 11.4 Å². The molecule has 0 fully saturated rings. The first-order valence-electron chi connectivity index (χ1n) is 3.75. The fourth-order valence-electron chi connectivity index (χ4n) is 1.03. The number of aromatic carboxylic acids is 1. The molecule has 1 N–H and O–H groups in total. The molecule has 0 radical (unpaired) electrons. The van der Waals surface area contributed by atoms with Gasteiger partial charge in [-0.25, -0.2) is 18.0 Å². The summed E-state index contributed by atoms with van der Waals surface area (Å²) < 4.78 is 39.0. The lowest BCUT2D eigenvalue weighted by atomic mass is 10.1. The molecule has 0 aliphatic heterocycles. The van der Waals surface area contributed by atoms with Crippen LogP contribution in [0.1, 0.15) is 15.9 Å². The smallest absolute Gasteiger partial charge is 0.338 e. The Kier molecular flexibility index (Phi) is 2.95. The molecule has 0 saturated heterocycles. The van der Waals surface area contributed by atoms with Gasteiger partial charge in [-0.05, 0) is 6.07 Å². The molecule has 15 heavy (non-hydrogen) atoms. The second kappa shape index (κ2) is 4.00. The summed E-state index contributed by atoms with van der Waals surface area (Å²) >= 11 is 0. The van der Waals surface area contributed by atoms with Crippen molar-refractivity contribution < 1.29 is 23.1 Å². The third-order valence-corrected chi connectivity index (χ3v) is 1.74. The van der Waals surface area contributed by atoms with Gasteiger partial charge in [-0.15, -0.1) is 0 Å². The van der Waals surface area contributed by atoms with Crippen LogP contribution in [-0.4, -0.2) is 11.1 Å². The first kappa shape index (κ1) is 11.0. The van der Waals surface area contributed by atoms with Crippen LogP contribution in [0.25, 0.3) is 0 Å². The van der Waals surface area contributed by atoms with Crippen LogP contribution in [0, 0.1) is 28.8 Å². The average molecular weight is 215 g/mol. The van der Waals surface area contributed by atoms with E-state index < -0.39 is 41.0 Å². The second-order valence-corrected chi connectivity index (χ2v) is 2.65. The van der Waals surface area contributed by atoms with E-state index in [0.717, 1.165) is 0 Å². The minimum absolute atomic E-state index is 0.355. The number of nitriles is 1. The minimum atomic E-state index is -1.77. The van der Waals surface area contributed by atoms with Crippen LogP contribution in [0.15, 0.2) is 6.07 Å². The molecular weight excluding hydrogens is 211 g/mol. The Hall–Kier alpha value is -2.03. The van der Waals surface area contributed by atoms with E-state index in [9.17, 15) is 18.0 Å². The zero-order valence-electron chi connectivity index (χ0n) is 7.22. The molecule has 0 unspecified atom stereocenters. The van der Waals surface area contributed by atoms with Crippen molar-refractivity contribution in [3.63, 3.8) is 0 Å². The standard InChI is InChI=1S/C9H4F3NO2/c10-6-3-5(9(14)15)8(12)7(11)4(6)1-2-13/h3H,1H2,(H,14,15). The molecule has 1 aromatic rings. The summed E-state index contributed by atoms with van der Waals surface area (Å²) in [6.45, 7) is 0. The number of rotatable bonds is 2. The maximum Gasteiger partial charge on any atom is 0.338 e. The zero-order chi connectivity index (χ0) is 11.6. The first-order valence-corrected chi connectivity index (χ1v) is 3.75. The van der Waals surface area contributed by atoms with Crippen LogP contribution >= 0.6 is 0 Å². The number of halogens is 3. The van der Waals surface area contributed by atoms with Crippen molar-refractivity contribution in [1.82, 2.24) is 0 Å². The minimum Gasteiger partial charge on any atom is -0.478 e. The highest BCUT2D eigenvalue weighted by Gasteiger charge is 2.21. The van der Waals surface area contributed by atoms with Crippen molar-refractivity contribution in [2.24, 2.45) is 0 Å². The highest BCUT2D eigenvalue weighted by atomic mass is 19.2. The third-order valence-electron chi connectivity index (χ3n) is 1.74. The first-order chi connectivity index (χ1) is 6.99. The molecule has 0 atom stereocenters. The topological polar surface area (TPSA) is 61.1 Å². The van der Waals surface area contributed by atoms with E-state index in [4.69, 9.17) is 10.4 Å². The van der Waals surface area contributed by atoms with E-state index in [1.54, 1.807) is 0 Å². The highest BCUT2D eigenvalue weighted by molar-refractivity contribution is 5.88. The molecule has 1 rings (SSSR count). The van der Waals surface area contributed by atoms with Gasteiger partial charge in [-0.1, -0.05) is 0 Å². The molecule has 3 nitrogen and oxygen atoms in total. The molecule has 0 aliphatic rings. The summed E-state index contributed by atoms with van der Waals surface area (Å²) in [5.41, 5.74) is -1.85. The zero-order valence-corrected chi connectivity index (χ0v) is 7.22. The van der Waals surface area contributed by atoms with E-state index in [-0.39, 0.29) is 0 Å². The largest absolute Gasteiger partial charge is 0.478 e. The number of nitrogens with zero attached hydrogens (tertiary/aromatic N) is 1. The van der Waals surface area contributed by atoms with Gasteiger partial charge in [0.2, 0.25) is 0 Å². The van der Waals surface area contributed by atoms with E-state index in [2.05, 4.69) is 0 Å². The molecule has 0 saturated carbocycles. The monoisotopic (exact) mass is 215 g/mol. The van der Waals surface area contributed by atoms with Gasteiger partial charge in [0.15, 0.2) is 11.6 Å². The van der Waals surface area contributed by atoms with Crippen molar-refractivity contribution in [1.29, 1.82) is 5.26 Å². The van der Waals surface area contributed by atoms with Crippen LogP contribution in [0.5, 0.6) is 0 Å². The van der Waals surface area contributed by atoms with Gasteiger partial charge < -0.3 is 5.11 Å². The van der Waals surface area contributed by atoms with E-state index in [1.807, 2.05) is 0 Å². The second-order valence-electron chi connectivity index (χ2n) is 2.65. The Morgan fingerprint density at radius 3 is 2.47 bits per heavy atom. The molecule has 78 valence electrons. The van der Waals surface area contributed by atoms with E-state index in [0.29, 0.717) is 6.07 Å². The average Bonchev–Trinajstić information content (AvgIpc) is 2.18. The molecule has 0 spiro atoms. The van der Waals surface area contributed by atoms with Gasteiger partial charge in [0.05, 0.1) is 12.5 Å². The molecular formula is C9H4F3NO2. The Bertz CT molecular complexity index is 465. The lowest BCUT2D eigenvalue weighted by molar-refractivity contribution is 0.0690. The Balaban J connectivity index is 3.45. The Morgan fingerprint density at radius 1 is 1.40 bits per heavy atom. The van der Waals surface area contributed by atoms with E-state index in [1.165, 1.54) is 6.07 Å². The predicted molar refractivity (Wildman–Crippen MR) is 42.6 cm³/mol. The predicted octanol–water partition coefficient (Wildman–Crippen LogP) is 1.87. The molecule has 6 heteroatoms. The Labute approximate surface area is 82.4 Å². The molecule has 0 aromatic heterocycles. The lowest BCUT2D eigenvalue weighted by Gasteiger charge is -2.04. The summed E-state index contributed by atoms with van der Waals surface area (Å²) in [5.74, 6) is -6.30. The maximum atomic E-state index is 13.0. The summed E-state index contributed by atoms with van der Waals surface area (Å²) in [7, 11) is 0. The number of benzene rings is 1. The molecule has 1 aromatic carbocycles. The van der Waals surface area contributed by atoms with Gasteiger partial charge >= 0.3 is 5.97 Å². The maximum absolute atomic E-state index is 13.0. The molecule has 0 aliphatic carbocycles. The molecule has 0 heterocycles. The van der Waals surface area contributed by atoms with Crippen LogP contribution in [-0.2, 0) is 6.42 Å². The number of hydrogen-bond acceptors (Lipinski definition) is 2. The molecule has 0 amide bonds. The van der Waals surface area contributed by atoms with Gasteiger partial charge in [0, 0.05) is 5.56 Å². The Morgan fingerprint density at radius 2 is 2.00 bits per heavy atom.